The molecule has 27 heavy (non-hydrogen) atoms. The van der Waals surface area contributed by atoms with Gasteiger partial charge >= 0.3 is 0 Å². The van der Waals surface area contributed by atoms with E-state index >= 15 is 0 Å². The molecule has 6 nitrogen and oxygen atoms in total. The summed E-state index contributed by atoms with van der Waals surface area (Å²) in [6, 6.07) is 0.309. The maximum absolute atomic E-state index is 9.79. The van der Waals surface area contributed by atoms with Crippen LogP contribution in [0.25, 0.3) is 5.70 Å². The van der Waals surface area contributed by atoms with E-state index in [0.717, 1.165) is 61.8 Å². The van der Waals surface area contributed by atoms with Crippen molar-refractivity contribution < 1.29 is 5.11 Å². The molecule has 0 unspecified atom stereocenters. The minimum absolute atomic E-state index is 0.170. The summed E-state index contributed by atoms with van der Waals surface area (Å²) >= 11 is 0. The van der Waals surface area contributed by atoms with Crippen molar-refractivity contribution in [3.05, 3.63) is 30.0 Å². The van der Waals surface area contributed by atoms with Gasteiger partial charge in [0.2, 0.25) is 5.95 Å². The van der Waals surface area contributed by atoms with Gasteiger partial charge in [0.1, 0.15) is 5.82 Å². The molecule has 1 saturated heterocycles. The molecule has 2 heterocycles. The van der Waals surface area contributed by atoms with Gasteiger partial charge in [-0.3, -0.25) is 4.99 Å². The van der Waals surface area contributed by atoms with E-state index in [-0.39, 0.29) is 6.10 Å². The number of aliphatic imine (C=N–C) groups is 1. The Morgan fingerprint density at radius 3 is 2.67 bits per heavy atom. The van der Waals surface area contributed by atoms with Crippen LogP contribution < -0.4 is 10.2 Å². The van der Waals surface area contributed by atoms with Crippen molar-refractivity contribution >= 4 is 24.2 Å². The smallest absolute Gasteiger partial charge is 0.227 e. The number of aliphatic hydroxyl groups excluding tert-OH is 1. The molecule has 2 fully saturated rings. The highest BCUT2D eigenvalue weighted by Crippen LogP contribution is 2.29. The van der Waals surface area contributed by atoms with Crippen LogP contribution in [0.4, 0.5) is 11.8 Å². The van der Waals surface area contributed by atoms with E-state index in [9.17, 15) is 5.11 Å². The first-order valence-corrected chi connectivity index (χ1v) is 10.1. The Kier molecular flexibility index (Phi) is 6.98. The van der Waals surface area contributed by atoms with Gasteiger partial charge in [0.15, 0.2) is 0 Å². The summed E-state index contributed by atoms with van der Waals surface area (Å²) in [5.41, 5.74) is 1.63. The maximum Gasteiger partial charge on any atom is 0.227 e. The SMILES string of the molecule is C=N/C(=C\C=C/C)c1cnc(N2CCCCC2)nc1NC1CCC(O)CC1. The van der Waals surface area contributed by atoms with E-state index in [0.29, 0.717) is 6.04 Å². The number of nitrogens with zero attached hydrogens (tertiary/aromatic N) is 4. The molecule has 146 valence electrons. The van der Waals surface area contributed by atoms with Crippen LogP contribution in [0, 0.1) is 0 Å². The molecule has 1 aromatic heterocycles. The zero-order valence-electron chi connectivity index (χ0n) is 16.3. The molecule has 0 atom stereocenters. The second kappa shape index (κ2) is 9.65. The van der Waals surface area contributed by atoms with Crippen molar-refractivity contribution in [2.45, 2.75) is 64.0 Å². The highest BCUT2D eigenvalue weighted by atomic mass is 16.3. The van der Waals surface area contributed by atoms with Crippen LogP contribution in [-0.2, 0) is 0 Å². The van der Waals surface area contributed by atoms with Gasteiger partial charge in [-0.2, -0.15) is 4.98 Å². The van der Waals surface area contributed by atoms with Crippen LogP contribution in [0.15, 0.2) is 29.4 Å². The standard InChI is InChI=1S/C21H31N5O/c1-3-4-8-19(22-2)18-15-23-21(26-13-6-5-7-14-26)25-20(18)24-16-9-11-17(27)12-10-16/h3-4,8,15-17,27H,2,5-7,9-14H2,1H3,(H,23,24,25)/b4-3-,19-8-. The quantitative estimate of drug-likeness (QED) is 0.589. The van der Waals surface area contributed by atoms with Crippen LogP contribution in [0.5, 0.6) is 0 Å². The number of piperidine rings is 1. The monoisotopic (exact) mass is 369 g/mol. The molecule has 0 bridgehead atoms. The van der Waals surface area contributed by atoms with Crippen molar-refractivity contribution in [3.63, 3.8) is 0 Å². The lowest BCUT2D eigenvalue weighted by atomic mass is 9.93. The van der Waals surface area contributed by atoms with Crippen LogP contribution >= 0.6 is 0 Å². The van der Waals surface area contributed by atoms with E-state index < -0.39 is 0 Å². The first-order valence-electron chi connectivity index (χ1n) is 10.1. The highest BCUT2D eigenvalue weighted by molar-refractivity contribution is 5.76. The van der Waals surface area contributed by atoms with Crippen LogP contribution in [0.2, 0.25) is 0 Å². The minimum atomic E-state index is -0.170. The Labute approximate surface area is 162 Å². The molecule has 1 saturated carbocycles. The van der Waals surface area contributed by atoms with Crippen molar-refractivity contribution in [3.8, 4) is 0 Å². The van der Waals surface area contributed by atoms with Crippen LogP contribution in [0.1, 0.15) is 57.4 Å². The van der Waals surface area contributed by atoms with Crippen molar-refractivity contribution in [1.82, 2.24) is 9.97 Å². The number of hydrogen-bond donors (Lipinski definition) is 2. The molecule has 1 aliphatic carbocycles. The molecule has 0 radical (unpaired) electrons. The normalized spacial score (nSPS) is 24.2. The number of aromatic nitrogens is 2. The van der Waals surface area contributed by atoms with E-state index in [4.69, 9.17) is 4.98 Å². The third kappa shape index (κ3) is 5.16. The Morgan fingerprint density at radius 1 is 1.26 bits per heavy atom. The predicted octanol–water partition coefficient (Wildman–Crippen LogP) is 3.80. The zero-order chi connectivity index (χ0) is 19.1. The average Bonchev–Trinajstić information content (AvgIpc) is 2.71. The second-order valence-electron chi connectivity index (χ2n) is 7.37. The summed E-state index contributed by atoms with van der Waals surface area (Å²) in [5, 5.41) is 13.4. The summed E-state index contributed by atoms with van der Waals surface area (Å²) < 4.78 is 0. The van der Waals surface area contributed by atoms with Gasteiger partial charge in [-0.1, -0.05) is 12.2 Å². The van der Waals surface area contributed by atoms with Crippen molar-refractivity contribution in [1.29, 1.82) is 0 Å². The van der Waals surface area contributed by atoms with Crippen LogP contribution in [-0.4, -0.2) is 47.0 Å². The molecular weight excluding hydrogens is 338 g/mol. The lowest BCUT2D eigenvalue weighted by molar-refractivity contribution is 0.126. The number of allylic oxidation sites excluding steroid dienone is 3. The zero-order valence-corrected chi connectivity index (χ0v) is 16.3. The summed E-state index contributed by atoms with van der Waals surface area (Å²) in [7, 11) is 0. The Morgan fingerprint density at radius 2 is 2.00 bits per heavy atom. The summed E-state index contributed by atoms with van der Waals surface area (Å²) in [5.74, 6) is 1.60. The molecule has 3 rings (SSSR count). The van der Waals surface area contributed by atoms with Gasteiger partial charge < -0.3 is 15.3 Å². The van der Waals surface area contributed by atoms with E-state index in [1.54, 1.807) is 0 Å². The lowest BCUT2D eigenvalue weighted by Crippen LogP contribution is -2.32. The molecule has 1 aliphatic heterocycles. The molecule has 2 N–H and O–H groups in total. The Balaban J connectivity index is 1.89. The van der Waals surface area contributed by atoms with E-state index in [1.165, 1.54) is 19.3 Å². The minimum Gasteiger partial charge on any atom is -0.393 e. The number of aliphatic hydroxyl groups is 1. The molecule has 1 aromatic rings. The summed E-state index contributed by atoms with van der Waals surface area (Å²) in [6.07, 6.45) is 14.7. The first kappa shape index (κ1) is 19.5. The largest absolute Gasteiger partial charge is 0.393 e. The summed E-state index contributed by atoms with van der Waals surface area (Å²) in [4.78, 5) is 16.0. The first-order chi connectivity index (χ1) is 13.2. The molecule has 0 amide bonds. The second-order valence-corrected chi connectivity index (χ2v) is 7.37. The molecular formula is C21H31N5O. The van der Waals surface area contributed by atoms with Gasteiger partial charge in [-0.15, -0.1) is 0 Å². The average molecular weight is 370 g/mol. The fourth-order valence-electron chi connectivity index (χ4n) is 3.74. The van der Waals surface area contributed by atoms with Crippen molar-refractivity contribution in [2.75, 3.05) is 23.3 Å². The molecule has 6 heteroatoms. The van der Waals surface area contributed by atoms with Gasteiger partial charge in [-0.25, -0.2) is 4.98 Å². The maximum atomic E-state index is 9.79. The number of hydrogen-bond acceptors (Lipinski definition) is 6. The molecule has 0 aromatic carbocycles. The predicted molar refractivity (Wildman–Crippen MR) is 112 cm³/mol. The van der Waals surface area contributed by atoms with Gasteiger partial charge in [0, 0.05) is 25.3 Å². The fraction of sp³-hybridized carbons (Fsp3) is 0.571. The fourth-order valence-corrected chi connectivity index (χ4v) is 3.74. The lowest BCUT2D eigenvalue weighted by Gasteiger charge is -2.29. The molecule has 0 spiro atoms. The third-order valence-corrected chi connectivity index (χ3v) is 5.35. The topological polar surface area (TPSA) is 73.6 Å². The number of anilines is 2. The number of rotatable bonds is 6. The van der Waals surface area contributed by atoms with E-state index in [1.807, 2.05) is 31.3 Å². The van der Waals surface area contributed by atoms with E-state index in [2.05, 4.69) is 26.9 Å². The highest BCUT2D eigenvalue weighted by Gasteiger charge is 2.22. The van der Waals surface area contributed by atoms with Gasteiger partial charge in [0.05, 0.1) is 17.4 Å². The van der Waals surface area contributed by atoms with Gasteiger partial charge in [-0.05, 0) is 64.7 Å². The Bertz CT molecular complexity index is 686. The van der Waals surface area contributed by atoms with Gasteiger partial charge in [0.25, 0.3) is 0 Å². The third-order valence-electron chi connectivity index (χ3n) is 5.35. The van der Waals surface area contributed by atoms with Crippen molar-refractivity contribution in [2.24, 2.45) is 4.99 Å². The number of nitrogens with one attached hydrogen (secondary N) is 1. The Hall–Kier alpha value is -2.21. The molecule has 2 aliphatic rings. The summed E-state index contributed by atoms with van der Waals surface area (Å²) in [6.45, 7) is 7.71. The van der Waals surface area contributed by atoms with Crippen LogP contribution in [0.3, 0.4) is 0 Å².